The normalized spacial score (nSPS) is 10.9. The van der Waals surface area contributed by atoms with Gasteiger partial charge in [0.1, 0.15) is 5.15 Å². The van der Waals surface area contributed by atoms with Crippen LogP contribution in [0.2, 0.25) is 5.15 Å². The first kappa shape index (κ1) is 10.1. The molecule has 17 heavy (non-hydrogen) atoms. The van der Waals surface area contributed by atoms with Gasteiger partial charge in [-0.2, -0.15) is 0 Å². The Bertz CT molecular complexity index is 730. The van der Waals surface area contributed by atoms with Gasteiger partial charge in [0, 0.05) is 0 Å². The molecule has 0 amide bonds. The quantitative estimate of drug-likeness (QED) is 0.669. The van der Waals surface area contributed by atoms with Crippen LogP contribution < -0.4 is 5.56 Å². The summed E-state index contributed by atoms with van der Waals surface area (Å²) in [6, 6.07) is 12.7. The Morgan fingerprint density at radius 3 is 2.65 bits per heavy atom. The topological polar surface area (TPSA) is 50.7 Å². The summed E-state index contributed by atoms with van der Waals surface area (Å²) >= 11 is 5.85. The number of nitrogens with zero attached hydrogens (tertiary/aromatic N) is 2. The fourth-order valence-electron chi connectivity index (χ4n) is 1.75. The molecule has 3 aromatic rings. The number of aromatic amines is 1. The number of benzene rings is 1. The predicted molar refractivity (Wildman–Crippen MR) is 66.7 cm³/mol. The maximum absolute atomic E-state index is 11.7. The first-order chi connectivity index (χ1) is 8.25. The Hall–Kier alpha value is -2.07. The maximum atomic E-state index is 11.7. The van der Waals surface area contributed by atoms with Crippen LogP contribution in [0.3, 0.4) is 0 Å². The van der Waals surface area contributed by atoms with Crippen molar-refractivity contribution in [3.8, 4) is 5.69 Å². The van der Waals surface area contributed by atoms with Crippen LogP contribution in [-0.4, -0.2) is 14.8 Å². The number of pyridine rings is 1. The van der Waals surface area contributed by atoms with Crippen molar-refractivity contribution in [3.63, 3.8) is 0 Å². The SMILES string of the molecule is O=c1[nH]n(-c2ccccc2)c2nc(Cl)ccc12. The van der Waals surface area contributed by atoms with Gasteiger partial charge in [-0.15, -0.1) is 0 Å². The molecule has 0 spiro atoms. The van der Waals surface area contributed by atoms with Gasteiger partial charge >= 0.3 is 0 Å². The van der Waals surface area contributed by atoms with Crippen molar-refractivity contribution >= 4 is 22.6 Å². The van der Waals surface area contributed by atoms with Crippen LogP contribution in [0, 0.1) is 0 Å². The number of H-pyrrole nitrogens is 1. The molecule has 2 heterocycles. The zero-order valence-electron chi connectivity index (χ0n) is 8.72. The van der Waals surface area contributed by atoms with Gasteiger partial charge in [-0.3, -0.25) is 9.89 Å². The minimum absolute atomic E-state index is 0.173. The highest BCUT2D eigenvalue weighted by atomic mass is 35.5. The lowest BCUT2D eigenvalue weighted by Crippen LogP contribution is -2.03. The first-order valence-corrected chi connectivity index (χ1v) is 5.46. The number of fused-ring (bicyclic) bond motifs is 1. The second kappa shape index (κ2) is 3.75. The van der Waals surface area contributed by atoms with E-state index < -0.39 is 0 Å². The van der Waals surface area contributed by atoms with Crippen LogP contribution in [0.5, 0.6) is 0 Å². The van der Waals surface area contributed by atoms with E-state index in [0.717, 1.165) is 5.69 Å². The van der Waals surface area contributed by atoms with Gasteiger partial charge < -0.3 is 0 Å². The van der Waals surface area contributed by atoms with E-state index in [1.165, 1.54) is 0 Å². The molecule has 1 N–H and O–H groups in total. The summed E-state index contributed by atoms with van der Waals surface area (Å²) in [6.45, 7) is 0. The molecule has 0 bridgehead atoms. The van der Waals surface area contributed by atoms with Gasteiger partial charge in [-0.25, -0.2) is 9.67 Å². The second-order valence-electron chi connectivity index (χ2n) is 3.62. The molecule has 0 unspecified atom stereocenters. The fraction of sp³-hybridized carbons (Fsp3) is 0. The Balaban J connectivity index is 2.38. The summed E-state index contributed by atoms with van der Waals surface area (Å²) in [7, 11) is 0. The van der Waals surface area contributed by atoms with E-state index >= 15 is 0 Å². The zero-order valence-corrected chi connectivity index (χ0v) is 9.48. The van der Waals surface area contributed by atoms with E-state index in [4.69, 9.17) is 11.6 Å². The monoisotopic (exact) mass is 245 g/mol. The average Bonchev–Trinajstić information content (AvgIpc) is 2.67. The van der Waals surface area contributed by atoms with Gasteiger partial charge in [0.2, 0.25) is 0 Å². The van der Waals surface area contributed by atoms with E-state index in [2.05, 4.69) is 10.1 Å². The molecular weight excluding hydrogens is 238 g/mol. The second-order valence-corrected chi connectivity index (χ2v) is 4.00. The average molecular weight is 246 g/mol. The van der Waals surface area contributed by atoms with Crippen molar-refractivity contribution in [1.29, 1.82) is 0 Å². The number of hydrogen-bond acceptors (Lipinski definition) is 2. The molecule has 0 saturated carbocycles. The summed E-state index contributed by atoms with van der Waals surface area (Å²) in [5, 5.41) is 3.62. The molecule has 0 aliphatic carbocycles. The van der Waals surface area contributed by atoms with Gasteiger partial charge in [0.15, 0.2) is 5.65 Å². The van der Waals surface area contributed by atoms with Crippen molar-refractivity contribution in [2.45, 2.75) is 0 Å². The Morgan fingerprint density at radius 1 is 1.12 bits per heavy atom. The van der Waals surface area contributed by atoms with Gasteiger partial charge in [-0.05, 0) is 24.3 Å². The third-order valence-corrected chi connectivity index (χ3v) is 2.74. The van der Waals surface area contributed by atoms with Crippen LogP contribution >= 0.6 is 11.6 Å². The lowest BCUT2D eigenvalue weighted by atomic mass is 10.3. The van der Waals surface area contributed by atoms with Crippen LogP contribution in [0.15, 0.2) is 47.3 Å². The number of nitrogens with one attached hydrogen (secondary N) is 1. The molecular formula is C12H8ClN3O. The molecule has 0 aliphatic rings. The molecule has 0 saturated heterocycles. The largest absolute Gasteiger partial charge is 0.274 e. The van der Waals surface area contributed by atoms with Crippen LogP contribution in [0.25, 0.3) is 16.7 Å². The van der Waals surface area contributed by atoms with Crippen molar-refractivity contribution in [1.82, 2.24) is 14.8 Å². The number of rotatable bonds is 1. The minimum Gasteiger partial charge on any atom is -0.267 e. The molecule has 1 aromatic carbocycles. The van der Waals surface area contributed by atoms with Crippen LogP contribution in [0.1, 0.15) is 0 Å². The summed E-state index contributed by atoms with van der Waals surface area (Å²) < 4.78 is 1.63. The Labute approximate surface area is 101 Å². The smallest absolute Gasteiger partial charge is 0.267 e. The number of halogens is 1. The van der Waals surface area contributed by atoms with Crippen molar-refractivity contribution in [3.05, 3.63) is 58.0 Å². The lowest BCUT2D eigenvalue weighted by molar-refractivity contribution is 0.879. The summed E-state index contributed by atoms with van der Waals surface area (Å²) in [6.07, 6.45) is 0. The van der Waals surface area contributed by atoms with Gasteiger partial charge in [-0.1, -0.05) is 29.8 Å². The Morgan fingerprint density at radius 2 is 1.88 bits per heavy atom. The van der Waals surface area contributed by atoms with Crippen molar-refractivity contribution in [2.24, 2.45) is 0 Å². The van der Waals surface area contributed by atoms with Gasteiger partial charge in [0.25, 0.3) is 5.56 Å². The third kappa shape index (κ3) is 1.62. The number of para-hydroxylation sites is 1. The van der Waals surface area contributed by atoms with E-state index in [-0.39, 0.29) is 5.56 Å². The van der Waals surface area contributed by atoms with Crippen LogP contribution in [-0.2, 0) is 0 Å². The standard InChI is InChI=1S/C12H8ClN3O/c13-10-7-6-9-11(14-10)16(15-12(9)17)8-4-2-1-3-5-8/h1-7H,(H,15,17). The van der Waals surface area contributed by atoms with E-state index in [1.54, 1.807) is 16.8 Å². The van der Waals surface area contributed by atoms with Gasteiger partial charge in [0.05, 0.1) is 11.1 Å². The number of hydrogen-bond donors (Lipinski definition) is 1. The first-order valence-electron chi connectivity index (χ1n) is 5.08. The molecule has 5 heteroatoms. The maximum Gasteiger partial charge on any atom is 0.274 e. The molecule has 0 atom stereocenters. The van der Waals surface area contributed by atoms with Crippen molar-refractivity contribution < 1.29 is 0 Å². The molecule has 0 aliphatic heterocycles. The lowest BCUT2D eigenvalue weighted by Gasteiger charge is -2.02. The summed E-state index contributed by atoms with van der Waals surface area (Å²) in [4.78, 5) is 15.9. The van der Waals surface area contributed by atoms with E-state index in [0.29, 0.717) is 16.2 Å². The molecule has 0 radical (unpaired) electrons. The Kier molecular flexibility index (Phi) is 2.23. The predicted octanol–water partition coefficient (Wildman–Crippen LogP) is 2.37. The van der Waals surface area contributed by atoms with E-state index in [1.807, 2.05) is 30.3 Å². The number of aromatic nitrogens is 3. The fourth-order valence-corrected chi connectivity index (χ4v) is 1.89. The molecule has 4 nitrogen and oxygen atoms in total. The van der Waals surface area contributed by atoms with Crippen LogP contribution in [0.4, 0.5) is 0 Å². The summed E-state index contributed by atoms with van der Waals surface area (Å²) in [5.41, 5.74) is 1.20. The molecule has 84 valence electrons. The molecule has 3 rings (SSSR count). The highest BCUT2D eigenvalue weighted by molar-refractivity contribution is 6.29. The molecule has 2 aromatic heterocycles. The zero-order chi connectivity index (χ0) is 11.8. The summed E-state index contributed by atoms with van der Waals surface area (Å²) in [5.74, 6) is 0. The minimum atomic E-state index is -0.173. The van der Waals surface area contributed by atoms with Crippen molar-refractivity contribution in [2.75, 3.05) is 0 Å². The third-order valence-electron chi connectivity index (χ3n) is 2.53. The highest BCUT2D eigenvalue weighted by Gasteiger charge is 2.09. The molecule has 0 fully saturated rings. The highest BCUT2D eigenvalue weighted by Crippen LogP contribution is 2.15. The van der Waals surface area contributed by atoms with E-state index in [9.17, 15) is 4.79 Å².